The van der Waals surface area contributed by atoms with Crippen molar-refractivity contribution in [2.45, 2.75) is 155 Å². The molecule has 0 aromatic heterocycles. The summed E-state index contributed by atoms with van der Waals surface area (Å²) in [5.41, 5.74) is 1.46. The largest absolute Gasteiger partial charge is 0.459 e. The van der Waals surface area contributed by atoms with Gasteiger partial charge in [0.2, 0.25) is 12.2 Å². The second-order valence-corrected chi connectivity index (χ2v) is 18.8. The summed E-state index contributed by atoms with van der Waals surface area (Å²) in [6.45, 7) is 18.3. The minimum absolute atomic E-state index is 0.0254. The van der Waals surface area contributed by atoms with Crippen LogP contribution in [0.3, 0.4) is 0 Å². The standard InChI is InChI=1S/C45H60N2O13/c1-10-12-31(49)46-29-17-26(13-14-30(29)57-41-34(56-25(8)48)23(6)22(5)24(7)55-41)18-53-42(51)47(11-2)20-54-37-33-36-35(58-36)32-28-19-52-40(50)27(28)15-16-43(32,9)45(33)39(60-45)38-44(37,59-38)21(3)4/h13-14,17,21-24,32-39,41H,10-12,15-16,18-20H2,1-9H3,(H,46,49)/t22-,23-,24?,32+,33?,34?,35-,36+,37?,38-,39-,41-,43-,44+,45+/m0/s1. The Morgan fingerprint density at radius 3 is 2.53 bits per heavy atom. The van der Waals surface area contributed by atoms with Gasteiger partial charge in [-0.2, -0.15) is 0 Å². The van der Waals surface area contributed by atoms with Crippen LogP contribution >= 0.6 is 0 Å². The average molecular weight is 837 g/mol. The smallest absolute Gasteiger partial charge is 0.411 e. The van der Waals surface area contributed by atoms with Gasteiger partial charge in [0, 0.05) is 48.6 Å². The lowest BCUT2D eigenvalue weighted by Gasteiger charge is -2.54. The number of hydrogen-bond donors (Lipinski definition) is 1. The molecule has 2 saturated carbocycles. The minimum atomic E-state index is -0.906. The number of cyclic esters (lactones) is 1. The van der Waals surface area contributed by atoms with Crippen LogP contribution in [-0.4, -0.2) is 109 Å². The highest BCUT2D eigenvalue weighted by Gasteiger charge is 2.93. The van der Waals surface area contributed by atoms with E-state index in [2.05, 4.69) is 26.1 Å². The first-order chi connectivity index (χ1) is 28.6. The number of carbonyl (C=O) groups is 4. The summed E-state index contributed by atoms with van der Waals surface area (Å²) in [6, 6.07) is 5.17. The molecule has 15 heteroatoms. The number of hydrogen-bond acceptors (Lipinski definition) is 13. The third-order valence-corrected chi connectivity index (χ3v) is 15.4. The van der Waals surface area contributed by atoms with Crippen molar-refractivity contribution in [3.63, 3.8) is 0 Å². The Hall–Kier alpha value is -3.76. The number of epoxide rings is 3. The number of rotatable bonds is 13. The first kappa shape index (κ1) is 41.6. The number of benzene rings is 1. The van der Waals surface area contributed by atoms with Crippen molar-refractivity contribution in [2.75, 3.05) is 25.2 Å². The molecule has 15 atom stereocenters. The maximum absolute atomic E-state index is 13.8. The molecule has 2 amide bonds. The first-order valence-corrected chi connectivity index (χ1v) is 22.0. The highest BCUT2D eigenvalue weighted by molar-refractivity contribution is 5.93. The molecule has 4 saturated heterocycles. The van der Waals surface area contributed by atoms with E-state index >= 15 is 0 Å². The van der Waals surface area contributed by atoms with E-state index in [4.69, 9.17) is 42.6 Å². The van der Waals surface area contributed by atoms with Gasteiger partial charge in [-0.1, -0.05) is 47.6 Å². The van der Waals surface area contributed by atoms with Gasteiger partial charge < -0.3 is 47.9 Å². The fourth-order valence-electron chi connectivity index (χ4n) is 11.8. The van der Waals surface area contributed by atoms with Crippen molar-refractivity contribution in [3.8, 4) is 5.75 Å². The molecule has 8 aliphatic rings. The Morgan fingerprint density at radius 1 is 1.03 bits per heavy atom. The number of amides is 2. The topological polar surface area (TPSA) is 177 Å². The molecule has 5 aliphatic heterocycles. The van der Waals surface area contributed by atoms with Crippen LogP contribution in [0.5, 0.6) is 5.75 Å². The van der Waals surface area contributed by atoms with Crippen molar-refractivity contribution in [3.05, 3.63) is 34.9 Å². The maximum atomic E-state index is 13.8. The average Bonchev–Trinajstić information content (AvgIpc) is 4.13. The van der Waals surface area contributed by atoms with Crippen LogP contribution in [0.15, 0.2) is 29.3 Å². The SMILES string of the molecule is CCCC(=O)Nc1cc(COC(=O)N(CC)COC2C3[C@H]4O[C@H]4[C@H]4C5=C(CC[C@]4(C)[C@@]34O[C@H]4[C@@H]3O[C@]23C(C)C)C(=O)OC5)ccc1O[C@@H]1OC(C)[C@@H](C)[C@H](C)C1OC(C)=O. The van der Waals surface area contributed by atoms with Crippen LogP contribution in [-0.2, 0) is 58.9 Å². The van der Waals surface area contributed by atoms with E-state index in [9.17, 15) is 19.2 Å². The number of fused-ring (bicyclic) bond motifs is 7. The molecule has 1 aromatic rings. The van der Waals surface area contributed by atoms with E-state index in [0.29, 0.717) is 49.4 Å². The molecule has 1 aromatic carbocycles. The third-order valence-electron chi connectivity index (χ3n) is 15.4. The highest BCUT2D eigenvalue weighted by atomic mass is 16.7. The zero-order valence-corrected chi connectivity index (χ0v) is 36.1. The molecule has 1 spiro atoms. The summed E-state index contributed by atoms with van der Waals surface area (Å²) in [5, 5.41) is 2.94. The van der Waals surface area contributed by atoms with Crippen molar-refractivity contribution in [1.29, 1.82) is 0 Å². The Morgan fingerprint density at radius 2 is 1.82 bits per heavy atom. The van der Waals surface area contributed by atoms with Gasteiger partial charge in [-0.3, -0.25) is 14.5 Å². The monoisotopic (exact) mass is 836 g/mol. The van der Waals surface area contributed by atoms with Crippen molar-refractivity contribution >= 4 is 29.6 Å². The molecule has 1 N–H and O–H groups in total. The normalized spacial score (nSPS) is 41.3. The van der Waals surface area contributed by atoms with E-state index in [1.807, 2.05) is 34.6 Å². The van der Waals surface area contributed by atoms with Crippen LogP contribution in [0.25, 0.3) is 0 Å². The Kier molecular flexibility index (Phi) is 10.4. The molecule has 328 valence electrons. The van der Waals surface area contributed by atoms with Crippen LogP contribution in [0.1, 0.15) is 93.6 Å². The third kappa shape index (κ3) is 6.30. The minimum Gasteiger partial charge on any atom is -0.459 e. The second kappa shape index (κ2) is 15.0. The van der Waals surface area contributed by atoms with Crippen molar-refractivity contribution < 1.29 is 61.8 Å². The molecule has 3 aliphatic carbocycles. The number of nitrogens with zero attached hydrogens (tertiary/aromatic N) is 1. The number of ether oxygens (including phenoxy) is 9. The second-order valence-electron chi connectivity index (χ2n) is 18.8. The van der Waals surface area contributed by atoms with Gasteiger partial charge >= 0.3 is 18.0 Å². The first-order valence-electron chi connectivity index (χ1n) is 22.0. The lowest BCUT2D eigenvalue weighted by Crippen LogP contribution is -2.66. The fraction of sp³-hybridized carbons (Fsp3) is 0.733. The Labute approximate surface area is 351 Å². The summed E-state index contributed by atoms with van der Waals surface area (Å²) < 4.78 is 56.6. The predicted octanol–water partition coefficient (Wildman–Crippen LogP) is 5.67. The van der Waals surface area contributed by atoms with Crippen molar-refractivity contribution in [1.82, 2.24) is 4.90 Å². The maximum Gasteiger partial charge on any atom is 0.411 e. The zero-order valence-electron chi connectivity index (χ0n) is 36.1. The Bertz CT molecular complexity index is 1970. The molecule has 15 nitrogen and oxygen atoms in total. The van der Waals surface area contributed by atoms with E-state index in [1.54, 1.807) is 18.2 Å². The number of nitrogens with one attached hydrogen (secondary N) is 1. The van der Waals surface area contributed by atoms with Crippen LogP contribution in [0.2, 0.25) is 0 Å². The van der Waals surface area contributed by atoms with E-state index in [1.165, 1.54) is 11.8 Å². The molecule has 5 heterocycles. The molecule has 0 bridgehead atoms. The highest BCUT2D eigenvalue weighted by Crippen LogP contribution is 2.79. The predicted molar refractivity (Wildman–Crippen MR) is 212 cm³/mol. The molecular weight excluding hydrogens is 776 g/mol. The van der Waals surface area contributed by atoms with E-state index in [0.717, 1.165) is 17.6 Å². The summed E-state index contributed by atoms with van der Waals surface area (Å²) in [6.07, 6.45) is -0.749. The molecular formula is C45H60N2O13. The fourth-order valence-corrected chi connectivity index (χ4v) is 11.8. The van der Waals surface area contributed by atoms with Gasteiger partial charge in [0.15, 0.2) is 6.10 Å². The summed E-state index contributed by atoms with van der Waals surface area (Å²) in [4.78, 5) is 52.8. The molecule has 4 unspecified atom stereocenters. The zero-order chi connectivity index (χ0) is 42.6. The van der Waals surface area contributed by atoms with Crippen LogP contribution in [0.4, 0.5) is 10.5 Å². The molecule has 0 radical (unpaired) electrons. The van der Waals surface area contributed by atoms with Gasteiger partial charge in [0.05, 0.1) is 30.1 Å². The number of esters is 2. The quantitative estimate of drug-likeness (QED) is 0.112. The van der Waals surface area contributed by atoms with Crippen LogP contribution in [0, 0.1) is 35.0 Å². The lowest BCUT2D eigenvalue weighted by molar-refractivity contribution is -0.242. The molecule has 6 fully saturated rings. The molecule has 9 rings (SSSR count). The Balaban J connectivity index is 0.900. The lowest BCUT2D eigenvalue weighted by atomic mass is 9.47. The summed E-state index contributed by atoms with van der Waals surface area (Å²) in [7, 11) is 0. The number of carbonyl (C=O) groups excluding carboxylic acids is 4. The summed E-state index contributed by atoms with van der Waals surface area (Å²) in [5.74, 6) is -0.419. The summed E-state index contributed by atoms with van der Waals surface area (Å²) >= 11 is 0. The molecule has 60 heavy (non-hydrogen) atoms. The van der Waals surface area contributed by atoms with Crippen LogP contribution < -0.4 is 10.1 Å². The van der Waals surface area contributed by atoms with E-state index in [-0.39, 0.29) is 90.7 Å². The van der Waals surface area contributed by atoms with E-state index < -0.39 is 41.8 Å². The van der Waals surface area contributed by atoms with Gasteiger partial charge in [0.25, 0.3) is 0 Å². The van der Waals surface area contributed by atoms with Gasteiger partial charge in [-0.15, -0.1) is 0 Å². The van der Waals surface area contributed by atoms with Crippen molar-refractivity contribution in [2.24, 2.45) is 35.0 Å². The van der Waals surface area contributed by atoms with Gasteiger partial charge in [-0.25, -0.2) is 9.59 Å². The van der Waals surface area contributed by atoms with Gasteiger partial charge in [-0.05, 0) is 68.2 Å². The number of anilines is 1. The van der Waals surface area contributed by atoms with Gasteiger partial charge in [0.1, 0.15) is 49.1 Å².